The fourth-order valence-corrected chi connectivity index (χ4v) is 3.69. The average Bonchev–Trinajstić information content (AvgIpc) is 3.34. The van der Waals surface area contributed by atoms with Crippen LogP contribution in [0.2, 0.25) is 0 Å². The Morgan fingerprint density at radius 1 is 1.06 bits per heavy atom. The van der Waals surface area contributed by atoms with Crippen molar-refractivity contribution < 1.29 is 14.2 Å². The maximum absolute atomic E-state index is 13.5. The minimum absolute atomic E-state index is 0.127. The van der Waals surface area contributed by atoms with Gasteiger partial charge in [-0.3, -0.25) is 14.9 Å². The molecule has 0 bridgehead atoms. The predicted octanol–water partition coefficient (Wildman–Crippen LogP) is 5.40. The van der Waals surface area contributed by atoms with Crippen LogP contribution in [0.1, 0.15) is 40.3 Å². The van der Waals surface area contributed by atoms with Crippen molar-refractivity contribution in [2.45, 2.75) is 26.3 Å². The standard InChI is InChI=1S/C26H24N4O4/c1-18-11-13-21(14-12-18)25-27-24(34-28-25)15-16-29(19(2)20-7-4-3-5-8-20)26(31)22-9-6-10-23(17-22)30(32)33/h3-14,17,19H,15-16H2,1-2H3/t19-/m1/s1. The molecule has 0 aliphatic heterocycles. The summed E-state index contributed by atoms with van der Waals surface area (Å²) in [6.45, 7) is 4.23. The van der Waals surface area contributed by atoms with Gasteiger partial charge in [0.15, 0.2) is 0 Å². The van der Waals surface area contributed by atoms with E-state index in [-0.39, 0.29) is 23.2 Å². The van der Waals surface area contributed by atoms with E-state index < -0.39 is 4.92 Å². The zero-order valence-corrected chi connectivity index (χ0v) is 18.9. The third kappa shape index (κ3) is 5.17. The van der Waals surface area contributed by atoms with Gasteiger partial charge in [0, 0.05) is 36.2 Å². The quantitative estimate of drug-likeness (QED) is 0.260. The Morgan fingerprint density at radius 3 is 2.50 bits per heavy atom. The van der Waals surface area contributed by atoms with E-state index in [9.17, 15) is 14.9 Å². The van der Waals surface area contributed by atoms with Crippen LogP contribution < -0.4 is 0 Å². The van der Waals surface area contributed by atoms with E-state index >= 15 is 0 Å². The second-order valence-electron chi connectivity index (χ2n) is 8.02. The summed E-state index contributed by atoms with van der Waals surface area (Å²) in [6, 6.07) is 22.9. The lowest BCUT2D eigenvalue weighted by Gasteiger charge is -2.29. The van der Waals surface area contributed by atoms with Crippen molar-refractivity contribution >= 4 is 11.6 Å². The second-order valence-corrected chi connectivity index (χ2v) is 8.02. The average molecular weight is 457 g/mol. The number of carbonyl (C=O) groups is 1. The van der Waals surface area contributed by atoms with Gasteiger partial charge >= 0.3 is 0 Å². The minimum atomic E-state index is -0.507. The third-order valence-electron chi connectivity index (χ3n) is 5.66. The summed E-state index contributed by atoms with van der Waals surface area (Å²) in [5.74, 6) is 0.591. The van der Waals surface area contributed by atoms with Gasteiger partial charge in [-0.15, -0.1) is 0 Å². The molecule has 0 fully saturated rings. The zero-order chi connectivity index (χ0) is 24.1. The predicted molar refractivity (Wildman–Crippen MR) is 127 cm³/mol. The molecule has 1 atom stereocenters. The molecule has 34 heavy (non-hydrogen) atoms. The normalized spacial score (nSPS) is 11.7. The molecule has 1 aromatic heterocycles. The first-order valence-corrected chi connectivity index (χ1v) is 10.9. The molecule has 0 radical (unpaired) electrons. The molecule has 0 aliphatic rings. The number of aryl methyl sites for hydroxylation is 1. The Labute approximate surface area is 197 Å². The molecule has 0 saturated heterocycles. The lowest BCUT2D eigenvalue weighted by atomic mass is 10.0. The van der Waals surface area contributed by atoms with Crippen LogP contribution in [0.4, 0.5) is 5.69 Å². The first-order chi connectivity index (χ1) is 16.4. The molecular weight excluding hydrogens is 432 g/mol. The van der Waals surface area contributed by atoms with E-state index in [0.717, 1.165) is 16.7 Å². The zero-order valence-electron chi connectivity index (χ0n) is 18.9. The number of hydrogen-bond donors (Lipinski definition) is 0. The van der Waals surface area contributed by atoms with Crippen LogP contribution >= 0.6 is 0 Å². The van der Waals surface area contributed by atoms with Gasteiger partial charge in [0.2, 0.25) is 11.7 Å². The maximum atomic E-state index is 13.5. The van der Waals surface area contributed by atoms with Crippen molar-refractivity contribution in [1.29, 1.82) is 0 Å². The molecule has 4 aromatic rings. The van der Waals surface area contributed by atoms with E-state index in [1.54, 1.807) is 11.0 Å². The molecule has 8 nitrogen and oxygen atoms in total. The number of nitro benzene ring substituents is 1. The number of non-ortho nitro benzene ring substituents is 1. The fourth-order valence-electron chi connectivity index (χ4n) is 3.69. The minimum Gasteiger partial charge on any atom is -0.339 e. The van der Waals surface area contributed by atoms with Crippen LogP contribution in [-0.2, 0) is 6.42 Å². The van der Waals surface area contributed by atoms with Gasteiger partial charge in [-0.05, 0) is 25.5 Å². The lowest BCUT2D eigenvalue weighted by molar-refractivity contribution is -0.384. The molecule has 0 aliphatic carbocycles. The van der Waals surface area contributed by atoms with E-state index in [2.05, 4.69) is 10.1 Å². The van der Waals surface area contributed by atoms with Crippen LogP contribution in [0.25, 0.3) is 11.4 Å². The molecular formula is C26H24N4O4. The van der Waals surface area contributed by atoms with Crippen LogP contribution in [0.3, 0.4) is 0 Å². The summed E-state index contributed by atoms with van der Waals surface area (Å²) in [6.07, 6.45) is 0.344. The number of carbonyl (C=O) groups excluding carboxylic acids is 1. The van der Waals surface area contributed by atoms with Crippen LogP contribution in [0, 0.1) is 17.0 Å². The van der Waals surface area contributed by atoms with Crippen molar-refractivity contribution in [1.82, 2.24) is 15.0 Å². The molecule has 4 rings (SSSR count). The van der Waals surface area contributed by atoms with Gasteiger partial charge < -0.3 is 9.42 Å². The van der Waals surface area contributed by atoms with Crippen molar-refractivity contribution in [2.75, 3.05) is 6.54 Å². The van der Waals surface area contributed by atoms with Crippen molar-refractivity contribution in [3.05, 3.63) is 112 Å². The largest absolute Gasteiger partial charge is 0.339 e. The maximum Gasteiger partial charge on any atom is 0.270 e. The van der Waals surface area contributed by atoms with Crippen LogP contribution in [0.15, 0.2) is 83.4 Å². The molecule has 3 aromatic carbocycles. The molecule has 0 unspecified atom stereocenters. The first kappa shape index (κ1) is 22.8. The SMILES string of the molecule is Cc1ccc(-c2noc(CCN(C(=O)c3cccc([N+](=O)[O-])c3)[C@H](C)c3ccccc3)n2)cc1. The number of rotatable bonds is 8. The van der Waals surface area contributed by atoms with Gasteiger partial charge in [0.25, 0.3) is 11.6 Å². The highest BCUT2D eigenvalue weighted by Crippen LogP contribution is 2.24. The topological polar surface area (TPSA) is 102 Å². The summed E-state index contributed by atoms with van der Waals surface area (Å²) in [4.78, 5) is 30.3. The Morgan fingerprint density at radius 2 is 1.79 bits per heavy atom. The lowest BCUT2D eigenvalue weighted by Crippen LogP contribution is -2.35. The Hall–Kier alpha value is -4.33. The first-order valence-electron chi connectivity index (χ1n) is 10.9. The molecule has 8 heteroatoms. The van der Waals surface area contributed by atoms with Gasteiger partial charge in [-0.25, -0.2) is 0 Å². The summed E-state index contributed by atoms with van der Waals surface area (Å²) in [7, 11) is 0. The number of aromatic nitrogens is 2. The Balaban J connectivity index is 1.57. The smallest absolute Gasteiger partial charge is 0.270 e. The van der Waals surface area contributed by atoms with Crippen molar-refractivity contribution in [2.24, 2.45) is 0 Å². The molecule has 0 N–H and O–H groups in total. The van der Waals surface area contributed by atoms with E-state index in [1.165, 1.54) is 18.2 Å². The number of benzene rings is 3. The van der Waals surface area contributed by atoms with E-state index in [0.29, 0.717) is 24.7 Å². The van der Waals surface area contributed by atoms with Gasteiger partial charge in [-0.2, -0.15) is 4.98 Å². The van der Waals surface area contributed by atoms with Crippen LogP contribution in [0.5, 0.6) is 0 Å². The molecule has 1 amide bonds. The van der Waals surface area contributed by atoms with Crippen LogP contribution in [-0.4, -0.2) is 32.4 Å². The number of amides is 1. The van der Waals surface area contributed by atoms with Gasteiger partial charge in [-0.1, -0.05) is 71.4 Å². The van der Waals surface area contributed by atoms with Crippen molar-refractivity contribution in [3.8, 4) is 11.4 Å². The molecule has 172 valence electrons. The molecule has 1 heterocycles. The highest BCUT2D eigenvalue weighted by molar-refractivity contribution is 5.95. The summed E-state index contributed by atoms with van der Waals surface area (Å²) in [5.41, 5.74) is 3.06. The summed E-state index contributed by atoms with van der Waals surface area (Å²) >= 11 is 0. The number of hydrogen-bond acceptors (Lipinski definition) is 6. The number of nitro groups is 1. The third-order valence-corrected chi connectivity index (χ3v) is 5.66. The monoisotopic (exact) mass is 456 g/mol. The van der Waals surface area contributed by atoms with E-state index in [4.69, 9.17) is 4.52 Å². The molecule has 0 saturated carbocycles. The van der Waals surface area contributed by atoms with Gasteiger partial charge in [0.05, 0.1) is 11.0 Å². The highest BCUT2D eigenvalue weighted by Gasteiger charge is 2.25. The summed E-state index contributed by atoms with van der Waals surface area (Å²) < 4.78 is 5.43. The highest BCUT2D eigenvalue weighted by atomic mass is 16.6. The summed E-state index contributed by atoms with van der Waals surface area (Å²) in [5, 5.41) is 15.3. The van der Waals surface area contributed by atoms with Crippen molar-refractivity contribution in [3.63, 3.8) is 0 Å². The van der Waals surface area contributed by atoms with E-state index in [1.807, 2.05) is 68.4 Å². The number of nitrogens with zero attached hydrogens (tertiary/aromatic N) is 4. The Bertz CT molecular complexity index is 1290. The van der Waals surface area contributed by atoms with Gasteiger partial charge in [0.1, 0.15) is 0 Å². The second kappa shape index (κ2) is 10.1. The molecule has 0 spiro atoms. The fraction of sp³-hybridized carbons (Fsp3) is 0.192. The Kier molecular flexibility index (Phi) is 6.77.